The fourth-order valence-electron chi connectivity index (χ4n) is 3.21. The van der Waals surface area contributed by atoms with Gasteiger partial charge in [0.2, 0.25) is 0 Å². The highest BCUT2D eigenvalue weighted by molar-refractivity contribution is 4.87. The van der Waals surface area contributed by atoms with Crippen LogP contribution in [0.25, 0.3) is 0 Å². The Kier molecular flexibility index (Phi) is 3.45. The maximum Gasteiger partial charge on any atom is 0.0197 e. The van der Waals surface area contributed by atoms with E-state index in [-0.39, 0.29) is 0 Å². The summed E-state index contributed by atoms with van der Waals surface area (Å²) >= 11 is 0. The third kappa shape index (κ3) is 2.48. The van der Waals surface area contributed by atoms with Crippen LogP contribution in [0.2, 0.25) is 0 Å². The fraction of sp³-hybridized carbons (Fsp3) is 1.00. The standard InChI is InChI=1S/C12H24N2/c1-14(2)9-12-7-10-5-3-4-6-11(10)8-13-12/h10-13H,3-9H2,1-2H3. The highest BCUT2D eigenvalue weighted by Gasteiger charge is 2.31. The largest absolute Gasteiger partial charge is 0.312 e. The van der Waals surface area contributed by atoms with Crippen molar-refractivity contribution in [1.82, 2.24) is 10.2 Å². The number of piperidine rings is 1. The maximum absolute atomic E-state index is 3.71. The molecule has 1 saturated carbocycles. The van der Waals surface area contributed by atoms with Crippen LogP contribution in [0.4, 0.5) is 0 Å². The van der Waals surface area contributed by atoms with Gasteiger partial charge in [0.05, 0.1) is 0 Å². The van der Waals surface area contributed by atoms with E-state index in [4.69, 9.17) is 0 Å². The van der Waals surface area contributed by atoms with Crippen LogP contribution in [-0.2, 0) is 0 Å². The Balaban J connectivity index is 1.83. The van der Waals surface area contributed by atoms with Gasteiger partial charge in [0.25, 0.3) is 0 Å². The average molecular weight is 196 g/mol. The van der Waals surface area contributed by atoms with Crippen molar-refractivity contribution in [3.05, 3.63) is 0 Å². The lowest BCUT2D eigenvalue weighted by atomic mass is 9.73. The minimum atomic E-state index is 0.754. The summed E-state index contributed by atoms with van der Waals surface area (Å²) in [4.78, 5) is 2.31. The van der Waals surface area contributed by atoms with Gasteiger partial charge in [-0.2, -0.15) is 0 Å². The number of fused-ring (bicyclic) bond motifs is 1. The molecule has 0 aromatic rings. The molecule has 1 aliphatic heterocycles. The smallest absolute Gasteiger partial charge is 0.0197 e. The van der Waals surface area contributed by atoms with Crippen molar-refractivity contribution in [3.8, 4) is 0 Å². The molecule has 1 saturated heterocycles. The van der Waals surface area contributed by atoms with Crippen molar-refractivity contribution in [2.75, 3.05) is 27.2 Å². The summed E-state index contributed by atoms with van der Waals surface area (Å²) < 4.78 is 0. The normalized spacial score (nSPS) is 38.4. The predicted molar refractivity (Wildman–Crippen MR) is 60.4 cm³/mol. The van der Waals surface area contributed by atoms with Gasteiger partial charge in [0.15, 0.2) is 0 Å². The molecule has 0 spiro atoms. The van der Waals surface area contributed by atoms with Crippen molar-refractivity contribution in [1.29, 1.82) is 0 Å². The third-order valence-corrected chi connectivity index (χ3v) is 3.91. The Hall–Kier alpha value is -0.0800. The number of rotatable bonds is 2. The van der Waals surface area contributed by atoms with E-state index in [0.29, 0.717) is 0 Å². The van der Waals surface area contributed by atoms with Gasteiger partial charge in [0.1, 0.15) is 0 Å². The van der Waals surface area contributed by atoms with E-state index in [2.05, 4.69) is 24.3 Å². The zero-order chi connectivity index (χ0) is 9.97. The molecule has 0 radical (unpaired) electrons. The van der Waals surface area contributed by atoms with Crippen LogP contribution in [0, 0.1) is 11.8 Å². The first-order valence-electron chi connectivity index (χ1n) is 6.14. The Morgan fingerprint density at radius 2 is 1.86 bits per heavy atom. The minimum absolute atomic E-state index is 0.754. The number of hydrogen-bond donors (Lipinski definition) is 1. The molecule has 82 valence electrons. The van der Waals surface area contributed by atoms with Crippen molar-refractivity contribution in [2.45, 2.75) is 38.1 Å². The summed E-state index contributed by atoms with van der Waals surface area (Å²) in [6.07, 6.45) is 7.35. The Bertz CT molecular complexity index is 179. The maximum atomic E-state index is 3.71. The monoisotopic (exact) mass is 196 g/mol. The summed E-state index contributed by atoms with van der Waals surface area (Å²) in [5.74, 6) is 2.04. The molecule has 2 aliphatic rings. The van der Waals surface area contributed by atoms with Crippen LogP contribution in [0.15, 0.2) is 0 Å². The second-order valence-electron chi connectivity index (χ2n) is 5.41. The molecule has 1 heterocycles. The van der Waals surface area contributed by atoms with Crippen LogP contribution in [-0.4, -0.2) is 38.1 Å². The van der Waals surface area contributed by atoms with Gasteiger partial charge < -0.3 is 10.2 Å². The van der Waals surface area contributed by atoms with E-state index in [1.807, 2.05) is 0 Å². The van der Waals surface area contributed by atoms with Crippen LogP contribution >= 0.6 is 0 Å². The first-order valence-corrected chi connectivity index (χ1v) is 6.14. The fourth-order valence-corrected chi connectivity index (χ4v) is 3.21. The van der Waals surface area contributed by atoms with Gasteiger partial charge in [-0.1, -0.05) is 19.3 Å². The lowest BCUT2D eigenvalue weighted by molar-refractivity contribution is 0.140. The second kappa shape index (κ2) is 4.63. The Morgan fingerprint density at radius 3 is 2.57 bits per heavy atom. The summed E-state index contributed by atoms with van der Waals surface area (Å²) in [7, 11) is 4.35. The zero-order valence-corrected chi connectivity index (χ0v) is 9.63. The molecule has 0 bridgehead atoms. The summed E-state index contributed by atoms with van der Waals surface area (Å²) in [5.41, 5.74) is 0. The number of likely N-dealkylation sites (N-methyl/N-ethyl adjacent to an activating group) is 1. The summed E-state index contributed by atoms with van der Waals surface area (Å²) in [6.45, 7) is 2.49. The molecule has 0 aromatic heterocycles. The van der Waals surface area contributed by atoms with Crippen LogP contribution in [0.5, 0.6) is 0 Å². The highest BCUT2D eigenvalue weighted by atomic mass is 15.1. The molecule has 2 rings (SSSR count). The molecule has 1 aliphatic carbocycles. The summed E-state index contributed by atoms with van der Waals surface area (Å²) in [5, 5.41) is 3.71. The minimum Gasteiger partial charge on any atom is -0.312 e. The molecule has 2 heteroatoms. The van der Waals surface area contributed by atoms with E-state index in [1.54, 1.807) is 0 Å². The molecule has 2 nitrogen and oxygen atoms in total. The van der Waals surface area contributed by atoms with Crippen LogP contribution < -0.4 is 5.32 Å². The topological polar surface area (TPSA) is 15.3 Å². The zero-order valence-electron chi connectivity index (χ0n) is 9.63. The third-order valence-electron chi connectivity index (χ3n) is 3.91. The molecule has 2 fully saturated rings. The van der Waals surface area contributed by atoms with E-state index in [9.17, 15) is 0 Å². The van der Waals surface area contributed by atoms with Gasteiger partial charge in [-0.15, -0.1) is 0 Å². The average Bonchev–Trinajstić information content (AvgIpc) is 2.17. The number of hydrogen-bond acceptors (Lipinski definition) is 2. The molecule has 0 amide bonds. The van der Waals surface area contributed by atoms with Crippen LogP contribution in [0.1, 0.15) is 32.1 Å². The first-order chi connectivity index (χ1) is 6.75. The van der Waals surface area contributed by atoms with Gasteiger partial charge in [-0.3, -0.25) is 0 Å². The van der Waals surface area contributed by atoms with Gasteiger partial charge in [-0.25, -0.2) is 0 Å². The molecule has 0 aromatic carbocycles. The van der Waals surface area contributed by atoms with Crippen molar-refractivity contribution < 1.29 is 0 Å². The molecule has 3 unspecified atom stereocenters. The van der Waals surface area contributed by atoms with Crippen LogP contribution in [0.3, 0.4) is 0 Å². The van der Waals surface area contributed by atoms with Gasteiger partial charge in [-0.05, 0) is 45.3 Å². The van der Waals surface area contributed by atoms with E-state index in [0.717, 1.165) is 17.9 Å². The molecule has 14 heavy (non-hydrogen) atoms. The second-order valence-corrected chi connectivity index (χ2v) is 5.41. The lowest BCUT2D eigenvalue weighted by Crippen LogP contribution is -2.49. The SMILES string of the molecule is CN(C)CC1CC2CCCCC2CN1. The molecule has 1 N–H and O–H groups in total. The van der Waals surface area contributed by atoms with E-state index in [1.165, 1.54) is 45.2 Å². The van der Waals surface area contributed by atoms with Gasteiger partial charge in [0, 0.05) is 12.6 Å². The highest BCUT2D eigenvalue weighted by Crippen LogP contribution is 2.35. The number of nitrogens with zero attached hydrogens (tertiary/aromatic N) is 1. The Morgan fingerprint density at radius 1 is 1.14 bits per heavy atom. The lowest BCUT2D eigenvalue weighted by Gasteiger charge is -2.40. The van der Waals surface area contributed by atoms with Crippen molar-refractivity contribution in [2.24, 2.45) is 11.8 Å². The Labute approximate surface area is 88.1 Å². The van der Waals surface area contributed by atoms with Crippen molar-refractivity contribution in [3.63, 3.8) is 0 Å². The predicted octanol–water partition coefficient (Wildman–Crippen LogP) is 1.72. The molecule has 3 atom stereocenters. The van der Waals surface area contributed by atoms with E-state index < -0.39 is 0 Å². The first kappa shape index (κ1) is 10.4. The molecular formula is C12H24N2. The quantitative estimate of drug-likeness (QED) is 0.723. The molecular weight excluding hydrogens is 172 g/mol. The number of nitrogens with one attached hydrogen (secondary N) is 1. The van der Waals surface area contributed by atoms with Crippen molar-refractivity contribution >= 4 is 0 Å². The summed E-state index contributed by atoms with van der Waals surface area (Å²) in [6, 6.07) is 0.754. The van der Waals surface area contributed by atoms with Gasteiger partial charge >= 0.3 is 0 Å². The van der Waals surface area contributed by atoms with E-state index >= 15 is 0 Å².